The number of hydrogen-bond donors (Lipinski definition) is 1. The minimum Gasteiger partial charge on any atom is -0.490 e. The second-order valence-electron chi connectivity index (χ2n) is 11.3. The van der Waals surface area contributed by atoms with Crippen LogP contribution in [0.2, 0.25) is 0 Å². The van der Waals surface area contributed by atoms with Gasteiger partial charge in [0.1, 0.15) is 12.1 Å². The van der Waals surface area contributed by atoms with E-state index in [0.717, 1.165) is 43.2 Å². The highest BCUT2D eigenvalue weighted by Crippen LogP contribution is 2.44. The molecular weight excluding hydrogens is 670 g/mol. The maximum atomic E-state index is 14.0. The lowest BCUT2D eigenvalue weighted by Crippen LogP contribution is -2.34. The molecule has 46 heavy (non-hydrogen) atoms. The maximum absolute atomic E-state index is 14.0. The van der Waals surface area contributed by atoms with E-state index in [0.29, 0.717) is 63.8 Å². The normalized spacial score (nSPS) is 16.4. The summed E-state index contributed by atoms with van der Waals surface area (Å²) in [6.07, 6.45) is 4.88. The Morgan fingerprint density at radius 1 is 1.07 bits per heavy atom. The van der Waals surface area contributed by atoms with Gasteiger partial charge in [0.05, 0.1) is 16.7 Å². The van der Waals surface area contributed by atoms with Gasteiger partial charge in [-0.2, -0.15) is 4.98 Å². The molecule has 0 bridgehead atoms. The molecule has 0 radical (unpaired) electrons. The van der Waals surface area contributed by atoms with E-state index in [1.165, 1.54) is 11.8 Å². The van der Waals surface area contributed by atoms with Gasteiger partial charge in [-0.15, -0.1) is 5.10 Å². The largest absolute Gasteiger partial charge is 0.490 e. The first kappa shape index (κ1) is 33.8. The average molecular weight is 713 g/mol. The van der Waals surface area contributed by atoms with E-state index < -0.39 is 6.04 Å². The number of aromatic nitrogens is 3. The summed E-state index contributed by atoms with van der Waals surface area (Å²) in [5, 5.41) is 8.79. The Hall–Kier alpha value is -3.51. The summed E-state index contributed by atoms with van der Waals surface area (Å²) in [7, 11) is 0. The van der Waals surface area contributed by atoms with E-state index in [1.54, 1.807) is 9.58 Å². The molecule has 1 fully saturated rings. The number of thioether (sulfide) groups is 1. The van der Waals surface area contributed by atoms with Crippen molar-refractivity contribution < 1.29 is 23.8 Å². The number of nitrogens with one attached hydrogen (secondary N) is 1. The Labute approximate surface area is 283 Å². The monoisotopic (exact) mass is 711 g/mol. The van der Waals surface area contributed by atoms with Crippen molar-refractivity contribution in [1.29, 1.82) is 0 Å². The number of hydrogen-bond acceptors (Lipinski definition) is 9. The topological polar surface area (TPSA) is 108 Å². The molecule has 1 amide bonds. The van der Waals surface area contributed by atoms with Crippen LogP contribution in [0.5, 0.6) is 11.5 Å². The average Bonchev–Trinajstić information content (AvgIpc) is 3.46. The molecule has 1 N–H and O–H groups in total. The predicted octanol–water partition coefficient (Wildman–Crippen LogP) is 7.14. The number of rotatable bonds is 13. The molecule has 2 heterocycles. The van der Waals surface area contributed by atoms with Gasteiger partial charge in [0, 0.05) is 24.5 Å². The molecule has 0 saturated heterocycles. The summed E-state index contributed by atoms with van der Waals surface area (Å²) < 4.78 is 20.5. The van der Waals surface area contributed by atoms with E-state index in [4.69, 9.17) is 24.3 Å². The van der Waals surface area contributed by atoms with Gasteiger partial charge in [-0.3, -0.25) is 4.79 Å². The van der Waals surface area contributed by atoms with Gasteiger partial charge in [-0.25, -0.2) is 9.48 Å². The van der Waals surface area contributed by atoms with Crippen LogP contribution in [0.25, 0.3) is 0 Å². The van der Waals surface area contributed by atoms with E-state index in [1.807, 2.05) is 58.0 Å². The Balaban J connectivity index is 1.51. The van der Waals surface area contributed by atoms with E-state index in [-0.39, 0.29) is 24.6 Å². The SMILES string of the molecule is CCOc1cc(C2C(C(=O)OC3CCCCC3)=C(C)Nc3nc(SCc4ccccc4)nn32)cc(Br)c1OCC(=O)N(CC)CC. The summed E-state index contributed by atoms with van der Waals surface area (Å²) in [6, 6.07) is 13.3. The Morgan fingerprint density at radius 3 is 2.50 bits per heavy atom. The molecule has 3 aromatic rings. The van der Waals surface area contributed by atoms with Crippen molar-refractivity contribution in [2.24, 2.45) is 0 Å². The molecule has 0 spiro atoms. The molecule has 1 saturated carbocycles. The molecule has 2 aliphatic rings. The minimum atomic E-state index is -0.646. The molecule has 10 nitrogen and oxygen atoms in total. The number of carbonyl (C=O) groups excluding carboxylic acids is 2. The molecule has 1 aliphatic carbocycles. The Kier molecular flexibility index (Phi) is 11.7. The van der Waals surface area contributed by atoms with Crippen molar-refractivity contribution in [3.8, 4) is 11.5 Å². The Bertz CT molecular complexity index is 1550. The zero-order valence-electron chi connectivity index (χ0n) is 26.9. The van der Waals surface area contributed by atoms with Crippen molar-refractivity contribution >= 4 is 45.5 Å². The number of halogens is 1. The number of esters is 1. The fourth-order valence-corrected chi connectivity index (χ4v) is 7.19. The summed E-state index contributed by atoms with van der Waals surface area (Å²) in [4.78, 5) is 33.2. The van der Waals surface area contributed by atoms with Crippen LogP contribution >= 0.6 is 27.7 Å². The highest BCUT2D eigenvalue weighted by molar-refractivity contribution is 9.10. The van der Waals surface area contributed by atoms with Crippen LogP contribution < -0.4 is 14.8 Å². The van der Waals surface area contributed by atoms with Crippen LogP contribution in [-0.2, 0) is 20.1 Å². The predicted molar refractivity (Wildman–Crippen MR) is 182 cm³/mol. The molecule has 2 aromatic carbocycles. The summed E-state index contributed by atoms with van der Waals surface area (Å²) in [5.41, 5.74) is 3.02. The molecule has 5 rings (SSSR count). The van der Waals surface area contributed by atoms with Crippen molar-refractivity contribution in [1.82, 2.24) is 19.7 Å². The summed E-state index contributed by atoms with van der Waals surface area (Å²) in [6.45, 7) is 9.09. The number of likely N-dealkylation sites (N-methyl/N-ethyl adjacent to an activating group) is 1. The third-order valence-corrected chi connectivity index (χ3v) is 9.69. The third kappa shape index (κ3) is 7.88. The van der Waals surface area contributed by atoms with Crippen LogP contribution in [0, 0.1) is 0 Å². The number of fused-ring (bicyclic) bond motifs is 1. The van der Waals surface area contributed by atoms with Crippen molar-refractivity contribution in [2.75, 3.05) is 31.6 Å². The molecular formula is C34H42BrN5O5S. The second kappa shape index (κ2) is 15.9. The molecule has 246 valence electrons. The van der Waals surface area contributed by atoms with Crippen LogP contribution in [0.15, 0.2) is 63.4 Å². The lowest BCUT2D eigenvalue weighted by atomic mass is 9.94. The molecule has 1 unspecified atom stereocenters. The second-order valence-corrected chi connectivity index (χ2v) is 13.1. The van der Waals surface area contributed by atoms with Crippen molar-refractivity contribution in [3.63, 3.8) is 0 Å². The molecule has 1 atom stereocenters. The van der Waals surface area contributed by atoms with Crippen LogP contribution in [0.3, 0.4) is 0 Å². The van der Waals surface area contributed by atoms with Gasteiger partial charge in [-0.05, 0) is 92.6 Å². The zero-order valence-corrected chi connectivity index (χ0v) is 29.3. The summed E-state index contributed by atoms with van der Waals surface area (Å²) >= 11 is 5.20. The quantitative estimate of drug-likeness (QED) is 0.146. The Morgan fingerprint density at radius 2 is 1.80 bits per heavy atom. The van der Waals surface area contributed by atoms with Gasteiger partial charge in [-0.1, -0.05) is 48.5 Å². The molecule has 12 heteroatoms. The number of amides is 1. The fraction of sp³-hybridized carbons (Fsp3) is 0.471. The molecule has 1 aliphatic heterocycles. The molecule has 1 aromatic heterocycles. The number of allylic oxidation sites excluding steroid dienone is 1. The highest BCUT2D eigenvalue weighted by atomic mass is 79.9. The number of anilines is 1. The smallest absolute Gasteiger partial charge is 0.338 e. The number of carbonyl (C=O) groups is 2. The number of ether oxygens (including phenoxy) is 3. The highest BCUT2D eigenvalue weighted by Gasteiger charge is 2.37. The van der Waals surface area contributed by atoms with Gasteiger partial charge >= 0.3 is 5.97 Å². The van der Waals surface area contributed by atoms with Gasteiger partial charge in [0.15, 0.2) is 18.1 Å². The first-order chi connectivity index (χ1) is 22.3. The van der Waals surface area contributed by atoms with Crippen LogP contribution in [0.1, 0.15) is 77.0 Å². The van der Waals surface area contributed by atoms with Crippen LogP contribution in [0.4, 0.5) is 5.95 Å². The van der Waals surface area contributed by atoms with Gasteiger partial charge in [0.2, 0.25) is 11.1 Å². The summed E-state index contributed by atoms with van der Waals surface area (Å²) in [5.74, 6) is 1.63. The minimum absolute atomic E-state index is 0.110. The van der Waals surface area contributed by atoms with E-state index in [2.05, 4.69) is 33.4 Å². The standard InChI is InChI=1S/C34H42BrN5O5S/c1-5-39(6-2)28(41)20-44-31-26(35)18-24(19-27(31)43-7-3)30-29(32(42)45-25-16-12-9-13-17-25)22(4)36-33-37-34(38-40(30)33)46-21-23-14-10-8-11-15-23/h8,10-11,14-15,18-19,25,30H,5-7,9,12-13,16-17,20-21H2,1-4H3,(H,36,37,38). The van der Waals surface area contributed by atoms with E-state index in [9.17, 15) is 9.59 Å². The first-order valence-corrected chi connectivity index (χ1v) is 17.8. The van der Waals surface area contributed by atoms with E-state index >= 15 is 0 Å². The number of nitrogens with zero attached hydrogens (tertiary/aromatic N) is 4. The lowest BCUT2D eigenvalue weighted by Gasteiger charge is -2.30. The third-order valence-electron chi connectivity index (χ3n) is 8.19. The van der Waals surface area contributed by atoms with Crippen molar-refractivity contribution in [3.05, 3.63) is 69.3 Å². The van der Waals surface area contributed by atoms with Crippen molar-refractivity contribution in [2.45, 2.75) is 82.9 Å². The van der Waals surface area contributed by atoms with Crippen LogP contribution in [-0.4, -0.2) is 63.9 Å². The first-order valence-electron chi connectivity index (χ1n) is 16.0. The van der Waals surface area contributed by atoms with Gasteiger partial charge < -0.3 is 24.4 Å². The fourth-order valence-electron chi connectivity index (χ4n) is 5.84. The van der Waals surface area contributed by atoms with Gasteiger partial charge in [0.25, 0.3) is 5.91 Å². The zero-order chi connectivity index (χ0) is 32.6. The maximum Gasteiger partial charge on any atom is 0.338 e. The lowest BCUT2D eigenvalue weighted by molar-refractivity contribution is -0.146. The number of benzene rings is 2.